The number of hydrogen-bond donors (Lipinski definition) is 1. The fraction of sp³-hybridized carbons (Fsp3) is 0.273. The number of para-hydroxylation sites is 1. The van der Waals surface area contributed by atoms with E-state index in [9.17, 15) is 15.2 Å². The molecule has 2 heterocycles. The number of phenolic OH excluding ortho intramolecular Hbond substituents is 1. The highest BCUT2D eigenvalue weighted by Gasteiger charge is 2.38. The van der Waals surface area contributed by atoms with Crippen molar-refractivity contribution in [3.8, 4) is 17.6 Å². The van der Waals surface area contributed by atoms with Crippen LogP contribution in [0.5, 0.6) is 11.5 Å². The zero-order valence-electron chi connectivity index (χ0n) is 16.0. The predicted octanol–water partition coefficient (Wildman–Crippen LogP) is 4.01. The molecule has 29 heavy (non-hydrogen) atoms. The third-order valence-electron chi connectivity index (χ3n) is 5.10. The normalized spacial score (nSPS) is 19.0. The summed E-state index contributed by atoms with van der Waals surface area (Å²) in [7, 11) is 0. The SMILES string of the molecule is CCOc1cc([C@H]2CC(=O)N3CN(c4ccccc4)CSC3=C2C#N)ccc1O. The van der Waals surface area contributed by atoms with E-state index in [1.165, 1.54) is 11.8 Å². The lowest BCUT2D eigenvalue weighted by Gasteiger charge is -2.42. The summed E-state index contributed by atoms with van der Waals surface area (Å²) < 4.78 is 5.48. The lowest BCUT2D eigenvalue weighted by molar-refractivity contribution is -0.129. The number of nitrogens with zero attached hydrogens (tertiary/aromatic N) is 3. The predicted molar refractivity (Wildman–Crippen MR) is 112 cm³/mol. The lowest BCUT2D eigenvalue weighted by Crippen LogP contribution is -2.47. The summed E-state index contributed by atoms with van der Waals surface area (Å²) in [4.78, 5) is 16.8. The molecule has 148 valence electrons. The van der Waals surface area contributed by atoms with E-state index in [0.717, 1.165) is 16.3 Å². The monoisotopic (exact) mass is 407 g/mol. The van der Waals surface area contributed by atoms with Crippen LogP contribution in [0.1, 0.15) is 24.8 Å². The second kappa shape index (κ2) is 8.10. The van der Waals surface area contributed by atoms with Crippen LogP contribution in [0.25, 0.3) is 0 Å². The summed E-state index contributed by atoms with van der Waals surface area (Å²) in [6, 6.07) is 17.3. The van der Waals surface area contributed by atoms with E-state index < -0.39 is 0 Å². The highest BCUT2D eigenvalue weighted by Crippen LogP contribution is 2.44. The van der Waals surface area contributed by atoms with Crippen molar-refractivity contribution in [3.63, 3.8) is 0 Å². The fourth-order valence-corrected chi connectivity index (χ4v) is 4.84. The minimum atomic E-state index is -0.339. The summed E-state index contributed by atoms with van der Waals surface area (Å²) in [5, 5.41) is 20.6. The largest absolute Gasteiger partial charge is 0.504 e. The van der Waals surface area contributed by atoms with Gasteiger partial charge in [0.05, 0.1) is 35.8 Å². The van der Waals surface area contributed by atoms with Crippen LogP contribution >= 0.6 is 11.8 Å². The topological polar surface area (TPSA) is 76.8 Å². The number of benzene rings is 2. The number of fused-ring (bicyclic) bond motifs is 1. The maximum absolute atomic E-state index is 13.0. The highest BCUT2D eigenvalue weighted by atomic mass is 32.2. The molecule has 7 heteroatoms. The molecular weight excluding hydrogens is 386 g/mol. The minimum absolute atomic E-state index is 0.0110. The van der Waals surface area contributed by atoms with Crippen LogP contribution in [0.2, 0.25) is 0 Å². The molecule has 2 aromatic rings. The van der Waals surface area contributed by atoms with Gasteiger partial charge in [-0.05, 0) is 36.8 Å². The smallest absolute Gasteiger partial charge is 0.229 e. The molecule has 6 nitrogen and oxygen atoms in total. The van der Waals surface area contributed by atoms with Gasteiger partial charge in [0, 0.05) is 18.0 Å². The van der Waals surface area contributed by atoms with Crippen LogP contribution < -0.4 is 9.64 Å². The molecule has 0 aliphatic carbocycles. The zero-order chi connectivity index (χ0) is 20.4. The third kappa shape index (κ3) is 3.64. The molecule has 2 aromatic carbocycles. The van der Waals surface area contributed by atoms with E-state index in [2.05, 4.69) is 11.0 Å². The molecule has 0 bridgehead atoms. The van der Waals surface area contributed by atoms with Gasteiger partial charge in [0.2, 0.25) is 5.91 Å². The number of thioether (sulfide) groups is 1. The Kier molecular flexibility index (Phi) is 5.36. The van der Waals surface area contributed by atoms with Gasteiger partial charge >= 0.3 is 0 Å². The van der Waals surface area contributed by atoms with Gasteiger partial charge in [-0.15, -0.1) is 0 Å². The van der Waals surface area contributed by atoms with Crippen molar-refractivity contribution in [2.24, 2.45) is 0 Å². The maximum Gasteiger partial charge on any atom is 0.229 e. The number of allylic oxidation sites excluding steroid dienone is 1. The first-order valence-corrected chi connectivity index (χ1v) is 10.4. The molecular formula is C22H21N3O3S. The molecule has 1 amide bonds. The van der Waals surface area contributed by atoms with Crippen LogP contribution in [0, 0.1) is 11.3 Å². The molecule has 4 rings (SSSR count). The van der Waals surface area contributed by atoms with Crippen molar-refractivity contribution in [2.45, 2.75) is 19.3 Å². The van der Waals surface area contributed by atoms with Crippen LogP contribution in [0.4, 0.5) is 5.69 Å². The summed E-state index contributed by atoms with van der Waals surface area (Å²) in [6.07, 6.45) is 0.214. The summed E-state index contributed by atoms with van der Waals surface area (Å²) >= 11 is 1.51. The van der Waals surface area contributed by atoms with Crippen molar-refractivity contribution in [1.29, 1.82) is 5.26 Å². The second-order valence-electron chi connectivity index (χ2n) is 6.86. The number of carbonyl (C=O) groups is 1. The Morgan fingerprint density at radius 3 is 2.79 bits per heavy atom. The third-order valence-corrected chi connectivity index (χ3v) is 6.26. The first-order valence-electron chi connectivity index (χ1n) is 9.45. The first kappa shape index (κ1) is 19.2. The average Bonchev–Trinajstić information content (AvgIpc) is 2.76. The first-order chi connectivity index (χ1) is 14.1. The van der Waals surface area contributed by atoms with E-state index >= 15 is 0 Å². The highest BCUT2D eigenvalue weighted by molar-refractivity contribution is 8.03. The van der Waals surface area contributed by atoms with Gasteiger partial charge in [-0.1, -0.05) is 36.0 Å². The van der Waals surface area contributed by atoms with Crippen molar-refractivity contribution < 1.29 is 14.6 Å². The summed E-state index contributed by atoms with van der Waals surface area (Å²) in [6.45, 7) is 2.70. The number of nitriles is 1. The minimum Gasteiger partial charge on any atom is -0.504 e. The fourth-order valence-electron chi connectivity index (χ4n) is 3.67. The van der Waals surface area contributed by atoms with Gasteiger partial charge in [-0.25, -0.2) is 0 Å². The Balaban J connectivity index is 1.67. The summed E-state index contributed by atoms with van der Waals surface area (Å²) in [5.41, 5.74) is 2.44. The van der Waals surface area contributed by atoms with Crippen molar-refractivity contribution in [2.75, 3.05) is 24.1 Å². The molecule has 0 unspecified atom stereocenters. The van der Waals surface area contributed by atoms with Crippen LogP contribution in [0.15, 0.2) is 59.1 Å². The molecule has 0 radical (unpaired) electrons. The Morgan fingerprint density at radius 1 is 1.28 bits per heavy atom. The van der Waals surface area contributed by atoms with E-state index in [1.807, 2.05) is 37.3 Å². The molecule has 2 aliphatic heterocycles. The Morgan fingerprint density at radius 2 is 2.07 bits per heavy atom. The van der Waals surface area contributed by atoms with Gasteiger partial charge < -0.3 is 14.7 Å². The van der Waals surface area contributed by atoms with E-state index in [0.29, 0.717) is 30.5 Å². The van der Waals surface area contributed by atoms with Crippen molar-refractivity contribution in [3.05, 3.63) is 64.7 Å². The van der Waals surface area contributed by atoms with E-state index in [1.54, 1.807) is 23.1 Å². The number of phenols is 1. The van der Waals surface area contributed by atoms with Gasteiger partial charge in [0.15, 0.2) is 11.5 Å². The number of rotatable bonds is 4. The standard InChI is InChI=1S/C22H21N3O3S/c1-2-28-20-10-15(8-9-19(20)26)17-11-21(27)25-13-24(16-6-4-3-5-7-16)14-29-22(25)18(17)12-23/h3-10,17,26H,2,11,13-14H2,1H3/t17-/m1/s1. The molecule has 2 aliphatic rings. The van der Waals surface area contributed by atoms with E-state index in [4.69, 9.17) is 4.74 Å². The second-order valence-corrected chi connectivity index (χ2v) is 7.79. The number of hydrogen-bond acceptors (Lipinski definition) is 6. The number of aromatic hydroxyl groups is 1. The molecule has 0 spiro atoms. The lowest BCUT2D eigenvalue weighted by atomic mass is 9.86. The van der Waals surface area contributed by atoms with Gasteiger partial charge in [-0.2, -0.15) is 5.26 Å². The Hall–Kier alpha value is -3.11. The zero-order valence-corrected chi connectivity index (χ0v) is 16.9. The Bertz CT molecular complexity index is 1000. The quantitative estimate of drug-likeness (QED) is 0.825. The number of ether oxygens (including phenoxy) is 1. The molecule has 0 aromatic heterocycles. The number of anilines is 1. The number of carbonyl (C=O) groups excluding carboxylic acids is 1. The molecule has 1 N–H and O–H groups in total. The van der Waals surface area contributed by atoms with Crippen molar-refractivity contribution >= 4 is 23.4 Å². The molecule has 0 saturated carbocycles. The van der Waals surface area contributed by atoms with Crippen LogP contribution in [-0.2, 0) is 4.79 Å². The van der Waals surface area contributed by atoms with E-state index in [-0.39, 0.29) is 24.0 Å². The van der Waals surface area contributed by atoms with Gasteiger partial charge in [-0.3, -0.25) is 9.69 Å². The summed E-state index contributed by atoms with van der Waals surface area (Å²) in [5.74, 6) is 0.739. The van der Waals surface area contributed by atoms with Crippen molar-refractivity contribution in [1.82, 2.24) is 4.90 Å². The average molecular weight is 407 g/mol. The van der Waals surface area contributed by atoms with Crippen LogP contribution in [0.3, 0.4) is 0 Å². The van der Waals surface area contributed by atoms with Crippen LogP contribution in [-0.4, -0.2) is 35.1 Å². The maximum atomic E-state index is 13.0. The Labute approximate surface area is 174 Å². The molecule has 1 atom stereocenters. The molecule has 1 fully saturated rings. The molecule has 1 saturated heterocycles. The number of amides is 1. The van der Waals surface area contributed by atoms with Gasteiger partial charge in [0.25, 0.3) is 0 Å². The van der Waals surface area contributed by atoms with Gasteiger partial charge in [0.1, 0.15) is 0 Å².